The lowest BCUT2D eigenvalue weighted by Crippen LogP contribution is -2.31. The Morgan fingerprint density at radius 2 is 2.58 bits per heavy atom. The van der Waals surface area contributed by atoms with Gasteiger partial charge in [0.25, 0.3) is 0 Å². The fourth-order valence-corrected chi connectivity index (χ4v) is 2.14. The first-order chi connectivity index (χ1) is 5.70. The summed E-state index contributed by atoms with van der Waals surface area (Å²) in [7, 11) is 0. The SMILES string of the molecule is N[C@@H](CC[C@H]1CNCS1)C(=O)O. The predicted octanol–water partition coefficient (Wildman–Crippen LogP) is -0.159. The average Bonchev–Trinajstić information content (AvgIpc) is 2.51. The average molecular weight is 190 g/mol. The van der Waals surface area contributed by atoms with Crippen LogP contribution in [0.1, 0.15) is 12.8 Å². The highest BCUT2D eigenvalue weighted by Gasteiger charge is 2.18. The molecule has 0 radical (unpaired) electrons. The first-order valence-electron chi connectivity index (χ1n) is 4.01. The molecule has 0 saturated carbocycles. The minimum atomic E-state index is -0.897. The second-order valence-electron chi connectivity index (χ2n) is 2.91. The lowest BCUT2D eigenvalue weighted by Gasteiger charge is -2.09. The molecule has 0 aromatic rings. The maximum absolute atomic E-state index is 10.4. The van der Waals surface area contributed by atoms with Crippen LogP contribution in [0.3, 0.4) is 0 Å². The van der Waals surface area contributed by atoms with E-state index in [4.69, 9.17) is 10.8 Å². The molecule has 0 unspecified atom stereocenters. The van der Waals surface area contributed by atoms with E-state index in [1.54, 1.807) is 0 Å². The molecule has 4 N–H and O–H groups in total. The standard InChI is InChI=1S/C7H14N2O2S/c8-6(7(10)11)2-1-5-3-9-4-12-5/h5-6,9H,1-4,8H2,(H,10,11)/t5-,6-/m0/s1. The zero-order valence-corrected chi connectivity index (χ0v) is 7.64. The van der Waals surface area contributed by atoms with E-state index in [0.717, 1.165) is 18.8 Å². The number of nitrogens with two attached hydrogens (primary N) is 1. The van der Waals surface area contributed by atoms with E-state index < -0.39 is 12.0 Å². The summed E-state index contributed by atoms with van der Waals surface area (Å²) in [6.45, 7) is 0.983. The molecule has 1 fully saturated rings. The van der Waals surface area contributed by atoms with Crippen molar-refractivity contribution < 1.29 is 9.90 Å². The summed E-state index contributed by atoms with van der Waals surface area (Å²) in [5.74, 6) is 0.0819. The molecule has 1 heterocycles. The van der Waals surface area contributed by atoms with Crippen LogP contribution in [0.5, 0.6) is 0 Å². The van der Waals surface area contributed by atoms with Crippen molar-refractivity contribution in [3.05, 3.63) is 0 Å². The summed E-state index contributed by atoms with van der Waals surface area (Å²) in [5.41, 5.74) is 5.37. The van der Waals surface area contributed by atoms with Gasteiger partial charge in [0, 0.05) is 17.7 Å². The largest absolute Gasteiger partial charge is 0.480 e. The summed E-state index contributed by atoms with van der Waals surface area (Å²) in [6, 6.07) is -0.689. The van der Waals surface area contributed by atoms with Crippen molar-refractivity contribution in [1.82, 2.24) is 5.32 Å². The zero-order chi connectivity index (χ0) is 8.97. The molecule has 1 aliphatic heterocycles. The third-order valence-electron chi connectivity index (χ3n) is 1.91. The van der Waals surface area contributed by atoms with Gasteiger partial charge in [-0.05, 0) is 12.8 Å². The molecule has 12 heavy (non-hydrogen) atoms. The van der Waals surface area contributed by atoms with Crippen LogP contribution in [0, 0.1) is 0 Å². The van der Waals surface area contributed by atoms with E-state index in [1.165, 1.54) is 0 Å². The van der Waals surface area contributed by atoms with Gasteiger partial charge in [-0.2, -0.15) is 0 Å². The van der Waals surface area contributed by atoms with Gasteiger partial charge in [-0.15, -0.1) is 11.8 Å². The van der Waals surface area contributed by atoms with Gasteiger partial charge in [0.1, 0.15) is 6.04 Å². The van der Waals surface area contributed by atoms with Crippen molar-refractivity contribution in [3.63, 3.8) is 0 Å². The van der Waals surface area contributed by atoms with Crippen LogP contribution in [0.15, 0.2) is 0 Å². The molecule has 0 spiro atoms. The Bertz CT molecular complexity index is 159. The van der Waals surface area contributed by atoms with Crippen molar-refractivity contribution in [2.45, 2.75) is 24.1 Å². The van der Waals surface area contributed by atoms with Crippen LogP contribution >= 0.6 is 11.8 Å². The zero-order valence-electron chi connectivity index (χ0n) is 6.82. The van der Waals surface area contributed by atoms with E-state index >= 15 is 0 Å². The van der Waals surface area contributed by atoms with Crippen molar-refractivity contribution in [1.29, 1.82) is 0 Å². The minimum absolute atomic E-state index is 0.551. The predicted molar refractivity (Wildman–Crippen MR) is 49.1 cm³/mol. The molecule has 70 valence electrons. The Balaban J connectivity index is 2.11. The quantitative estimate of drug-likeness (QED) is 0.574. The van der Waals surface area contributed by atoms with Gasteiger partial charge in [-0.25, -0.2) is 0 Å². The first kappa shape index (κ1) is 9.83. The van der Waals surface area contributed by atoms with E-state index in [-0.39, 0.29) is 0 Å². The third-order valence-corrected chi connectivity index (χ3v) is 3.15. The van der Waals surface area contributed by atoms with E-state index in [9.17, 15) is 4.79 Å². The van der Waals surface area contributed by atoms with Crippen molar-refractivity contribution in [2.24, 2.45) is 5.73 Å². The van der Waals surface area contributed by atoms with Gasteiger partial charge in [-0.1, -0.05) is 0 Å². The van der Waals surface area contributed by atoms with E-state index in [2.05, 4.69) is 5.32 Å². The molecule has 1 saturated heterocycles. The van der Waals surface area contributed by atoms with E-state index in [0.29, 0.717) is 11.7 Å². The number of hydrogen-bond acceptors (Lipinski definition) is 4. The Labute approximate surface area is 75.9 Å². The molecule has 1 rings (SSSR count). The lowest BCUT2D eigenvalue weighted by molar-refractivity contribution is -0.138. The lowest BCUT2D eigenvalue weighted by atomic mass is 10.1. The second kappa shape index (κ2) is 4.69. The van der Waals surface area contributed by atoms with E-state index in [1.807, 2.05) is 11.8 Å². The molecule has 5 heteroatoms. The highest BCUT2D eigenvalue weighted by atomic mass is 32.2. The number of thioether (sulfide) groups is 1. The Kier molecular flexibility index (Phi) is 3.84. The van der Waals surface area contributed by atoms with Gasteiger partial charge in [0.15, 0.2) is 0 Å². The van der Waals surface area contributed by atoms with Gasteiger partial charge >= 0.3 is 5.97 Å². The van der Waals surface area contributed by atoms with Crippen molar-refractivity contribution in [2.75, 3.05) is 12.4 Å². The molecular weight excluding hydrogens is 176 g/mol. The molecule has 4 nitrogen and oxygen atoms in total. The van der Waals surface area contributed by atoms with Gasteiger partial charge in [0.05, 0.1) is 0 Å². The highest BCUT2D eigenvalue weighted by molar-refractivity contribution is 8.00. The highest BCUT2D eigenvalue weighted by Crippen LogP contribution is 2.19. The van der Waals surface area contributed by atoms with Crippen LogP contribution in [-0.2, 0) is 4.79 Å². The summed E-state index contributed by atoms with van der Waals surface area (Å²) < 4.78 is 0. The number of aliphatic carboxylic acids is 1. The topological polar surface area (TPSA) is 75.3 Å². The molecule has 0 aromatic heterocycles. The fraction of sp³-hybridized carbons (Fsp3) is 0.857. The summed E-state index contributed by atoms with van der Waals surface area (Å²) in [6.07, 6.45) is 1.47. The van der Waals surface area contributed by atoms with Crippen molar-refractivity contribution >= 4 is 17.7 Å². The second-order valence-corrected chi connectivity index (χ2v) is 4.20. The maximum atomic E-state index is 10.4. The molecule has 0 bridgehead atoms. The number of rotatable bonds is 4. The number of nitrogens with one attached hydrogen (secondary N) is 1. The molecule has 0 aliphatic carbocycles. The Morgan fingerprint density at radius 3 is 3.08 bits per heavy atom. The molecule has 0 amide bonds. The summed E-state index contributed by atoms with van der Waals surface area (Å²) in [5, 5.41) is 12.3. The van der Waals surface area contributed by atoms with Gasteiger partial charge < -0.3 is 16.2 Å². The van der Waals surface area contributed by atoms with Crippen LogP contribution in [0.2, 0.25) is 0 Å². The fourth-order valence-electron chi connectivity index (χ4n) is 1.13. The number of carbonyl (C=O) groups is 1. The Morgan fingerprint density at radius 1 is 1.83 bits per heavy atom. The monoisotopic (exact) mass is 190 g/mol. The summed E-state index contributed by atoms with van der Waals surface area (Å²) in [4.78, 5) is 10.4. The van der Waals surface area contributed by atoms with Gasteiger partial charge in [-0.3, -0.25) is 4.79 Å². The molecule has 0 aromatic carbocycles. The molecular formula is C7H14N2O2S. The number of hydrogen-bond donors (Lipinski definition) is 3. The van der Waals surface area contributed by atoms with Crippen LogP contribution in [0.4, 0.5) is 0 Å². The third kappa shape index (κ3) is 3.00. The van der Waals surface area contributed by atoms with Crippen LogP contribution in [-0.4, -0.2) is 34.8 Å². The van der Waals surface area contributed by atoms with Crippen molar-refractivity contribution in [3.8, 4) is 0 Å². The number of carboxylic acid groups (broad SMARTS) is 1. The first-order valence-corrected chi connectivity index (χ1v) is 5.05. The molecule has 1 aliphatic rings. The smallest absolute Gasteiger partial charge is 0.320 e. The van der Waals surface area contributed by atoms with Crippen LogP contribution in [0.25, 0.3) is 0 Å². The Hall–Kier alpha value is -0.260. The normalized spacial score (nSPS) is 25.6. The molecule has 2 atom stereocenters. The maximum Gasteiger partial charge on any atom is 0.320 e. The number of carboxylic acids is 1. The minimum Gasteiger partial charge on any atom is -0.480 e. The van der Waals surface area contributed by atoms with Gasteiger partial charge in [0.2, 0.25) is 0 Å². The van der Waals surface area contributed by atoms with Crippen LogP contribution < -0.4 is 11.1 Å². The summed E-state index contributed by atoms with van der Waals surface area (Å²) >= 11 is 1.84.